The molecule has 1 aromatic heterocycles. The van der Waals surface area contributed by atoms with Crippen molar-refractivity contribution in [2.75, 3.05) is 0 Å². The van der Waals surface area contributed by atoms with Crippen LogP contribution >= 0.6 is 27.5 Å². The standard InChI is InChI=1S/C11H13BrClN/c1-7(8(2)13)6-10-9(3)14-5-4-11(10)12/h4-6,8H,1-3H3/b7-6+. The van der Waals surface area contributed by atoms with E-state index in [0.29, 0.717) is 0 Å². The number of aryl methyl sites for hydroxylation is 1. The lowest BCUT2D eigenvalue weighted by Gasteiger charge is -2.06. The lowest BCUT2D eigenvalue weighted by molar-refractivity contribution is 1.11. The number of pyridine rings is 1. The summed E-state index contributed by atoms with van der Waals surface area (Å²) in [6, 6.07) is 1.94. The van der Waals surface area contributed by atoms with Gasteiger partial charge in [-0.15, -0.1) is 11.6 Å². The maximum absolute atomic E-state index is 5.98. The molecule has 1 rings (SSSR count). The van der Waals surface area contributed by atoms with Gasteiger partial charge in [0.1, 0.15) is 0 Å². The molecule has 1 heterocycles. The number of halogens is 2. The van der Waals surface area contributed by atoms with E-state index in [0.717, 1.165) is 21.3 Å². The first-order chi connectivity index (χ1) is 6.52. The highest BCUT2D eigenvalue weighted by Crippen LogP contribution is 2.23. The molecule has 0 amide bonds. The predicted octanol–water partition coefficient (Wildman–Crippen LogP) is 4.18. The fourth-order valence-corrected chi connectivity index (χ4v) is 1.65. The number of hydrogen-bond donors (Lipinski definition) is 0. The van der Waals surface area contributed by atoms with Gasteiger partial charge >= 0.3 is 0 Å². The summed E-state index contributed by atoms with van der Waals surface area (Å²) in [7, 11) is 0. The van der Waals surface area contributed by atoms with E-state index in [9.17, 15) is 0 Å². The lowest BCUT2D eigenvalue weighted by atomic mass is 10.1. The zero-order valence-electron chi connectivity index (χ0n) is 8.51. The third-order valence-electron chi connectivity index (χ3n) is 2.14. The van der Waals surface area contributed by atoms with Gasteiger partial charge < -0.3 is 0 Å². The van der Waals surface area contributed by atoms with Crippen molar-refractivity contribution < 1.29 is 0 Å². The summed E-state index contributed by atoms with van der Waals surface area (Å²) in [5, 5.41) is 0.0570. The average Bonchev–Trinajstić information content (AvgIpc) is 2.11. The molecule has 1 nitrogen and oxygen atoms in total. The zero-order chi connectivity index (χ0) is 10.7. The maximum atomic E-state index is 5.98. The molecule has 0 spiro atoms. The minimum Gasteiger partial charge on any atom is -0.261 e. The van der Waals surface area contributed by atoms with Crippen LogP contribution in [0.25, 0.3) is 6.08 Å². The van der Waals surface area contributed by atoms with Gasteiger partial charge in [0, 0.05) is 21.9 Å². The third-order valence-corrected chi connectivity index (χ3v) is 3.17. The number of nitrogens with zero attached hydrogens (tertiary/aromatic N) is 1. The monoisotopic (exact) mass is 273 g/mol. The first kappa shape index (κ1) is 11.7. The van der Waals surface area contributed by atoms with Crippen LogP contribution in [-0.2, 0) is 0 Å². The molecule has 0 fully saturated rings. The first-order valence-corrected chi connectivity index (χ1v) is 5.68. The van der Waals surface area contributed by atoms with E-state index >= 15 is 0 Å². The number of aromatic nitrogens is 1. The van der Waals surface area contributed by atoms with E-state index in [4.69, 9.17) is 11.6 Å². The molecule has 0 aliphatic rings. The van der Waals surface area contributed by atoms with Gasteiger partial charge in [0.2, 0.25) is 0 Å². The van der Waals surface area contributed by atoms with Gasteiger partial charge in [-0.1, -0.05) is 27.6 Å². The van der Waals surface area contributed by atoms with Crippen LogP contribution in [0.5, 0.6) is 0 Å². The van der Waals surface area contributed by atoms with Crippen molar-refractivity contribution in [1.82, 2.24) is 4.98 Å². The molecule has 0 aliphatic heterocycles. The molecular weight excluding hydrogens is 261 g/mol. The molecule has 0 aliphatic carbocycles. The highest BCUT2D eigenvalue weighted by Gasteiger charge is 2.04. The van der Waals surface area contributed by atoms with Crippen LogP contribution in [0.2, 0.25) is 0 Å². The molecule has 0 aromatic carbocycles. The van der Waals surface area contributed by atoms with Gasteiger partial charge in [-0.3, -0.25) is 4.98 Å². The Balaban J connectivity index is 3.14. The Bertz CT molecular complexity index is 338. The Morgan fingerprint density at radius 3 is 2.79 bits per heavy atom. The zero-order valence-corrected chi connectivity index (χ0v) is 10.9. The minimum atomic E-state index is 0.0570. The Kier molecular flexibility index (Phi) is 4.14. The van der Waals surface area contributed by atoms with E-state index in [2.05, 4.69) is 27.0 Å². The average molecular weight is 275 g/mol. The summed E-state index contributed by atoms with van der Waals surface area (Å²) in [6.07, 6.45) is 3.86. The molecule has 1 aromatic rings. The van der Waals surface area contributed by atoms with Crippen LogP contribution in [0, 0.1) is 6.92 Å². The Morgan fingerprint density at radius 2 is 2.29 bits per heavy atom. The van der Waals surface area contributed by atoms with Gasteiger partial charge in [-0.2, -0.15) is 0 Å². The molecule has 76 valence electrons. The lowest BCUT2D eigenvalue weighted by Crippen LogP contribution is -1.94. The van der Waals surface area contributed by atoms with Crippen LogP contribution in [0.4, 0.5) is 0 Å². The molecular formula is C11H13BrClN. The van der Waals surface area contributed by atoms with Crippen LogP contribution in [0.3, 0.4) is 0 Å². The van der Waals surface area contributed by atoms with Gasteiger partial charge in [-0.05, 0) is 26.8 Å². The summed E-state index contributed by atoms with van der Waals surface area (Å²) < 4.78 is 1.06. The first-order valence-electron chi connectivity index (χ1n) is 4.45. The summed E-state index contributed by atoms with van der Waals surface area (Å²) in [5.74, 6) is 0. The summed E-state index contributed by atoms with van der Waals surface area (Å²) in [6.45, 7) is 5.98. The molecule has 0 saturated heterocycles. The Hall–Kier alpha value is -0.340. The molecule has 0 radical (unpaired) electrons. The van der Waals surface area contributed by atoms with Crippen molar-refractivity contribution in [3.63, 3.8) is 0 Å². The van der Waals surface area contributed by atoms with Crippen LogP contribution < -0.4 is 0 Å². The fraction of sp³-hybridized carbons (Fsp3) is 0.364. The van der Waals surface area contributed by atoms with Crippen LogP contribution in [0.15, 0.2) is 22.3 Å². The Morgan fingerprint density at radius 1 is 1.64 bits per heavy atom. The molecule has 1 unspecified atom stereocenters. The molecule has 1 atom stereocenters. The summed E-state index contributed by atoms with van der Waals surface area (Å²) in [5.41, 5.74) is 3.26. The maximum Gasteiger partial charge on any atom is 0.0517 e. The number of allylic oxidation sites excluding steroid dienone is 1. The van der Waals surface area contributed by atoms with Gasteiger partial charge in [0.05, 0.1) is 5.38 Å². The van der Waals surface area contributed by atoms with Gasteiger partial charge in [0.25, 0.3) is 0 Å². The van der Waals surface area contributed by atoms with Crippen molar-refractivity contribution in [2.45, 2.75) is 26.1 Å². The fourth-order valence-electron chi connectivity index (χ4n) is 1.06. The molecule has 3 heteroatoms. The number of alkyl halides is 1. The second-order valence-corrected chi connectivity index (χ2v) is 4.81. The number of hydrogen-bond acceptors (Lipinski definition) is 1. The van der Waals surface area contributed by atoms with Gasteiger partial charge in [0.15, 0.2) is 0 Å². The predicted molar refractivity (Wildman–Crippen MR) is 65.6 cm³/mol. The second kappa shape index (κ2) is 4.94. The van der Waals surface area contributed by atoms with Crippen molar-refractivity contribution in [3.05, 3.63) is 33.6 Å². The molecule has 0 bridgehead atoms. The van der Waals surface area contributed by atoms with E-state index in [1.165, 1.54) is 0 Å². The third kappa shape index (κ3) is 2.82. The summed E-state index contributed by atoms with van der Waals surface area (Å²) in [4.78, 5) is 4.23. The van der Waals surface area contributed by atoms with Gasteiger partial charge in [-0.25, -0.2) is 0 Å². The van der Waals surface area contributed by atoms with E-state index in [1.54, 1.807) is 6.20 Å². The van der Waals surface area contributed by atoms with Crippen molar-refractivity contribution in [3.8, 4) is 0 Å². The van der Waals surface area contributed by atoms with Crippen molar-refractivity contribution in [1.29, 1.82) is 0 Å². The highest BCUT2D eigenvalue weighted by molar-refractivity contribution is 9.10. The van der Waals surface area contributed by atoms with E-state index < -0.39 is 0 Å². The van der Waals surface area contributed by atoms with Crippen molar-refractivity contribution in [2.24, 2.45) is 0 Å². The number of rotatable bonds is 2. The molecule has 14 heavy (non-hydrogen) atoms. The van der Waals surface area contributed by atoms with E-state index in [1.807, 2.05) is 26.8 Å². The topological polar surface area (TPSA) is 12.9 Å². The molecule has 0 N–H and O–H groups in total. The molecule has 0 saturated carbocycles. The highest BCUT2D eigenvalue weighted by atomic mass is 79.9. The summed E-state index contributed by atoms with van der Waals surface area (Å²) >= 11 is 9.48. The second-order valence-electron chi connectivity index (χ2n) is 3.30. The SMILES string of the molecule is C/C(=C\c1c(Br)ccnc1C)C(C)Cl. The van der Waals surface area contributed by atoms with Crippen LogP contribution in [-0.4, -0.2) is 10.4 Å². The van der Waals surface area contributed by atoms with E-state index in [-0.39, 0.29) is 5.38 Å². The Labute approximate surface area is 98.3 Å². The van der Waals surface area contributed by atoms with Crippen molar-refractivity contribution >= 4 is 33.6 Å². The van der Waals surface area contributed by atoms with Crippen LogP contribution in [0.1, 0.15) is 25.1 Å². The normalized spacial score (nSPS) is 14.2. The largest absolute Gasteiger partial charge is 0.261 e. The smallest absolute Gasteiger partial charge is 0.0517 e. The minimum absolute atomic E-state index is 0.0570. The quantitative estimate of drug-likeness (QED) is 0.737.